The Labute approximate surface area is 177 Å². The molecular formula is C21H18N4O4S. The average molecular weight is 422 g/mol. The Hall–Kier alpha value is -3.90. The number of hydrogen-bond acceptors (Lipinski definition) is 7. The van der Waals surface area contributed by atoms with E-state index in [0.29, 0.717) is 22.1 Å². The third kappa shape index (κ3) is 5.80. The van der Waals surface area contributed by atoms with Crippen LogP contribution in [-0.4, -0.2) is 23.4 Å². The number of carbonyl (C=O) groups is 2. The van der Waals surface area contributed by atoms with Gasteiger partial charge in [-0.25, -0.2) is 4.98 Å². The zero-order valence-electron chi connectivity index (χ0n) is 16.0. The molecule has 0 saturated carbocycles. The van der Waals surface area contributed by atoms with Crippen molar-refractivity contribution in [3.05, 3.63) is 75.7 Å². The topological polar surface area (TPSA) is 113 Å². The van der Waals surface area contributed by atoms with E-state index in [1.54, 1.807) is 29.6 Å². The van der Waals surface area contributed by atoms with Crippen LogP contribution in [0.2, 0.25) is 0 Å². The summed E-state index contributed by atoms with van der Waals surface area (Å²) in [6.45, 7) is 1.87. The smallest absolute Gasteiger partial charge is 0.289 e. The molecule has 0 aliphatic heterocycles. The molecular weight excluding hydrogens is 404 g/mol. The van der Waals surface area contributed by atoms with E-state index in [4.69, 9.17) is 14.7 Å². The summed E-state index contributed by atoms with van der Waals surface area (Å²) in [5, 5.41) is 11.2. The molecule has 152 valence electrons. The number of hydrogen-bond donors (Lipinski definition) is 2. The van der Waals surface area contributed by atoms with Crippen molar-refractivity contribution in [3.8, 4) is 17.6 Å². The molecule has 3 aromatic rings. The summed E-state index contributed by atoms with van der Waals surface area (Å²) >= 11 is 1.28. The van der Waals surface area contributed by atoms with Gasteiger partial charge in [-0.15, -0.1) is 11.3 Å². The first kappa shape index (κ1) is 20.8. The van der Waals surface area contributed by atoms with Crippen molar-refractivity contribution in [1.82, 2.24) is 15.8 Å². The van der Waals surface area contributed by atoms with Crippen LogP contribution in [-0.2, 0) is 11.4 Å². The van der Waals surface area contributed by atoms with Crippen molar-refractivity contribution in [3.63, 3.8) is 0 Å². The molecule has 1 aromatic heterocycles. The van der Waals surface area contributed by atoms with Crippen LogP contribution in [0.1, 0.15) is 26.6 Å². The van der Waals surface area contributed by atoms with Gasteiger partial charge in [0.25, 0.3) is 11.8 Å². The predicted molar refractivity (Wildman–Crippen MR) is 110 cm³/mol. The first-order valence-electron chi connectivity index (χ1n) is 8.90. The summed E-state index contributed by atoms with van der Waals surface area (Å²) in [6, 6.07) is 16.1. The van der Waals surface area contributed by atoms with E-state index in [-0.39, 0.29) is 18.9 Å². The molecule has 8 nitrogen and oxygen atoms in total. The molecule has 0 aliphatic rings. The number of rotatable bonds is 7. The number of aromatic nitrogens is 1. The van der Waals surface area contributed by atoms with Gasteiger partial charge in [0.15, 0.2) is 6.61 Å². The summed E-state index contributed by atoms with van der Waals surface area (Å²) in [5.41, 5.74) is 6.14. The SMILES string of the molecule is Cc1ccc(OCc2nc(C(=O)NNC(=O)COc3ccccc3C#N)cs2)cc1. The van der Waals surface area contributed by atoms with Crippen LogP contribution in [0.5, 0.6) is 11.5 Å². The number of hydrazine groups is 1. The minimum atomic E-state index is -0.575. The predicted octanol–water partition coefficient (Wildman–Crippen LogP) is 2.74. The van der Waals surface area contributed by atoms with Gasteiger partial charge in [0.05, 0.1) is 5.56 Å². The van der Waals surface area contributed by atoms with Crippen molar-refractivity contribution in [1.29, 1.82) is 5.26 Å². The fourth-order valence-electron chi connectivity index (χ4n) is 2.32. The molecule has 9 heteroatoms. The number of nitrogens with zero attached hydrogens (tertiary/aromatic N) is 2. The second-order valence-corrected chi connectivity index (χ2v) is 7.07. The van der Waals surface area contributed by atoms with Crippen LogP contribution < -0.4 is 20.3 Å². The van der Waals surface area contributed by atoms with Crippen LogP contribution in [0.25, 0.3) is 0 Å². The number of thiazole rings is 1. The molecule has 0 radical (unpaired) electrons. The van der Waals surface area contributed by atoms with Crippen molar-refractivity contribution in [2.45, 2.75) is 13.5 Å². The summed E-state index contributed by atoms with van der Waals surface area (Å²) in [5.74, 6) is -0.126. The summed E-state index contributed by atoms with van der Waals surface area (Å²) in [6.07, 6.45) is 0. The van der Waals surface area contributed by atoms with Crippen molar-refractivity contribution >= 4 is 23.2 Å². The molecule has 2 amide bonds. The highest BCUT2D eigenvalue weighted by molar-refractivity contribution is 7.09. The van der Waals surface area contributed by atoms with E-state index in [1.807, 2.05) is 37.3 Å². The van der Waals surface area contributed by atoms with Gasteiger partial charge in [0.2, 0.25) is 0 Å². The number of carbonyl (C=O) groups excluding carboxylic acids is 2. The Morgan fingerprint density at radius 1 is 1.10 bits per heavy atom. The monoisotopic (exact) mass is 422 g/mol. The van der Waals surface area contributed by atoms with Crippen LogP contribution in [0.4, 0.5) is 0 Å². The Bertz CT molecular complexity index is 1070. The van der Waals surface area contributed by atoms with E-state index in [1.165, 1.54) is 11.3 Å². The van der Waals surface area contributed by atoms with E-state index in [2.05, 4.69) is 15.8 Å². The third-order valence-corrected chi connectivity index (χ3v) is 4.67. The molecule has 1 heterocycles. The number of nitriles is 1. The van der Waals surface area contributed by atoms with Gasteiger partial charge in [-0.1, -0.05) is 29.8 Å². The molecule has 0 saturated heterocycles. The molecule has 2 aromatic carbocycles. The molecule has 0 atom stereocenters. The van der Waals surface area contributed by atoms with Gasteiger partial charge < -0.3 is 9.47 Å². The maximum absolute atomic E-state index is 12.1. The van der Waals surface area contributed by atoms with Gasteiger partial charge >= 0.3 is 0 Å². The Balaban J connectivity index is 1.44. The van der Waals surface area contributed by atoms with Crippen LogP contribution in [0.3, 0.4) is 0 Å². The lowest BCUT2D eigenvalue weighted by Crippen LogP contribution is -2.44. The van der Waals surface area contributed by atoms with E-state index in [9.17, 15) is 9.59 Å². The molecule has 30 heavy (non-hydrogen) atoms. The second-order valence-electron chi connectivity index (χ2n) is 6.13. The minimum absolute atomic E-state index is 0.165. The zero-order chi connectivity index (χ0) is 21.3. The van der Waals surface area contributed by atoms with E-state index >= 15 is 0 Å². The summed E-state index contributed by atoms with van der Waals surface area (Å²) in [4.78, 5) is 28.2. The highest BCUT2D eigenvalue weighted by atomic mass is 32.1. The molecule has 0 fully saturated rings. The molecule has 3 rings (SSSR count). The summed E-state index contributed by atoms with van der Waals surface area (Å²) < 4.78 is 10.9. The van der Waals surface area contributed by atoms with E-state index in [0.717, 1.165) is 5.56 Å². The number of para-hydroxylation sites is 1. The maximum Gasteiger partial charge on any atom is 0.289 e. The Morgan fingerprint density at radius 2 is 1.87 bits per heavy atom. The van der Waals surface area contributed by atoms with Crippen molar-refractivity contribution in [2.75, 3.05) is 6.61 Å². The average Bonchev–Trinajstić information content (AvgIpc) is 3.25. The first-order chi connectivity index (χ1) is 14.5. The van der Waals surface area contributed by atoms with Gasteiger partial charge in [-0.05, 0) is 31.2 Å². The fraction of sp³-hybridized carbons (Fsp3) is 0.143. The van der Waals surface area contributed by atoms with Crippen molar-refractivity contribution < 1.29 is 19.1 Å². The highest BCUT2D eigenvalue weighted by Crippen LogP contribution is 2.17. The molecule has 2 N–H and O–H groups in total. The number of ether oxygens (including phenoxy) is 2. The van der Waals surface area contributed by atoms with E-state index < -0.39 is 11.8 Å². The van der Waals surface area contributed by atoms with Gasteiger partial charge in [0.1, 0.15) is 34.9 Å². The maximum atomic E-state index is 12.1. The Morgan fingerprint density at radius 3 is 2.63 bits per heavy atom. The molecule has 0 aliphatic carbocycles. The number of amides is 2. The molecule has 0 bridgehead atoms. The quantitative estimate of drug-likeness (QED) is 0.566. The number of aryl methyl sites for hydroxylation is 1. The lowest BCUT2D eigenvalue weighted by molar-refractivity contribution is -0.123. The summed E-state index contributed by atoms with van der Waals surface area (Å²) in [7, 11) is 0. The van der Waals surface area contributed by atoms with Gasteiger partial charge in [0, 0.05) is 5.38 Å². The van der Waals surface area contributed by atoms with Crippen LogP contribution in [0, 0.1) is 18.3 Å². The van der Waals surface area contributed by atoms with Gasteiger partial charge in [-0.2, -0.15) is 5.26 Å². The third-order valence-electron chi connectivity index (χ3n) is 3.85. The molecule has 0 spiro atoms. The standard InChI is InChI=1S/C21H18N4O4S/c1-14-6-8-16(9-7-14)28-12-20-23-17(13-30-20)21(27)25-24-19(26)11-29-18-5-3-2-4-15(18)10-22/h2-9,13H,11-12H2,1H3,(H,24,26)(H,25,27). The second kappa shape index (κ2) is 10.0. The number of nitrogens with one attached hydrogen (secondary N) is 2. The highest BCUT2D eigenvalue weighted by Gasteiger charge is 2.13. The first-order valence-corrected chi connectivity index (χ1v) is 9.78. The molecule has 0 unspecified atom stereocenters. The lowest BCUT2D eigenvalue weighted by atomic mass is 10.2. The lowest BCUT2D eigenvalue weighted by Gasteiger charge is -2.08. The fourth-order valence-corrected chi connectivity index (χ4v) is 3.00. The van der Waals surface area contributed by atoms with Crippen molar-refractivity contribution in [2.24, 2.45) is 0 Å². The van der Waals surface area contributed by atoms with Crippen LogP contribution >= 0.6 is 11.3 Å². The van der Waals surface area contributed by atoms with Crippen LogP contribution in [0.15, 0.2) is 53.9 Å². The normalized spacial score (nSPS) is 10.0. The number of benzene rings is 2. The zero-order valence-corrected chi connectivity index (χ0v) is 16.9. The Kier molecular flexibility index (Phi) is 6.97. The minimum Gasteiger partial charge on any atom is -0.486 e. The van der Waals surface area contributed by atoms with Gasteiger partial charge in [-0.3, -0.25) is 20.4 Å². The largest absolute Gasteiger partial charge is 0.486 e.